The largest absolute Gasteiger partial charge is 0.377 e. The molecule has 1 atom stereocenters. The second kappa shape index (κ2) is 11.3. The van der Waals surface area contributed by atoms with Gasteiger partial charge in [-0.05, 0) is 56.7 Å². The number of aromatic nitrogens is 6. The van der Waals surface area contributed by atoms with E-state index in [0.717, 1.165) is 34.5 Å². The topological polar surface area (TPSA) is 157 Å². The van der Waals surface area contributed by atoms with Gasteiger partial charge in [0.2, 0.25) is 16.0 Å². The van der Waals surface area contributed by atoms with Crippen molar-refractivity contribution in [1.29, 1.82) is 0 Å². The van der Waals surface area contributed by atoms with Gasteiger partial charge in [-0.15, -0.1) is 0 Å². The molecule has 5 aromatic rings. The van der Waals surface area contributed by atoms with Crippen LogP contribution in [0.15, 0.2) is 53.6 Å². The number of carbonyl (C=O) groups is 1. The first-order chi connectivity index (χ1) is 21.3. The number of anilines is 2. The Morgan fingerprint density at radius 3 is 2.62 bits per heavy atom. The van der Waals surface area contributed by atoms with Crippen molar-refractivity contribution in [2.75, 3.05) is 16.5 Å². The van der Waals surface area contributed by atoms with Crippen molar-refractivity contribution in [3.63, 3.8) is 0 Å². The van der Waals surface area contributed by atoms with Gasteiger partial charge in [0.25, 0.3) is 11.5 Å². The number of amides is 1. The van der Waals surface area contributed by atoms with Gasteiger partial charge >= 0.3 is 0 Å². The smallest absolute Gasteiger partial charge is 0.285 e. The highest BCUT2D eigenvalue weighted by atomic mass is 35.5. The number of nitrogens with one attached hydrogen (secondary N) is 2. The second-order valence-electron chi connectivity index (χ2n) is 11.1. The number of halogens is 1. The number of benzene rings is 1. The van der Waals surface area contributed by atoms with Crippen LogP contribution in [0.2, 0.25) is 5.15 Å². The molecule has 0 radical (unpaired) electrons. The molecule has 232 valence electrons. The van der Waals surface area contributed by atoms with E-state index in [-0.39, 0.29) is 22.1 Å². The number of sulfonamides is 1. The molecule has 1 amide bonds. The molecule has 15 heteroatoms. The van der Waals surface area contributed by atoms with Crippen molar-refractivity contribution in [3.05, 3.63) is 98.1 Å². The molecule has 6 rings (SSSR count). The number of aryl methyl sites for hydroxylation is 2. The molecule has 5 heterocycles. The Labute approximate surface area is 264 Å². The lowest BCUT2D eigenvalue weighted by atomic mass is 10.0. The zero-order valence-electron chi connectivity index (χ0n) is 25.2. The van der Waals surface area contributed by atoms with Crippen molar-refractivity contribution in [1.82, 2.24) is 34.0 Å². The zero-order valence-corrected chi connectivity index (χ0v) is 26.7. The van der Waals surface area contributed by atoms with E-state index in [9.17, 15) is 18.0 Å². The van der Waals surface area contributed by atoms with Crippen LogP contribution in [0.5, 0.6) is 0 Å². The number of rotatable bonds is 7. The van der Waals surface area contributed by atoms with E-state index in [1.54, 1.807) is 29.9 Å². The second-order valence-corrected chi connectivity index (χ2v) is 13.3. The number of fused-ring (bicyclic) bond motifs is 2. The average Bonchev–Trinajstić information content (AvgIpc) is 3.56. The molecule has 13 nitrogen and oxygen atoms in total. The van der Waals surface area contributed by atoms with Crippen LogP contribution < -0.4 is 20.5 Å². The summed E-state index contributed by atoms with van der Waals surface area (Å²) in [4.78, 5) is 42.1. The maximum atomic E-state index is 13.8. The molecule has 0 saturated heterocycles. The molecule has 0 spiro atoms. The molecule has 1 aliphatic heterocycles. The predicted molar refractivity (Wildman–Crippen MR) is 171 cm³/mol. The Hall–Kier alpha value is -4.82. The first kappa shape index (κ1) is 30.2. The summed E-state index contributed by atoms with van der Waals surface area (Å²) in [5, 5.41) is 8.31. The van der Waals surface area contributed by atoms with Gasteiger partial charge in [-0.25, -0.2) is 27.8 Å². The van der Waals surface area contributed by atoms with Crippen molar-refractivity contribution in [2.45, 2.75) is 39.9 Å². The summed E-state index contributed by atoms with van der Waals surface area (Å²) < 4.78 is 28.8. The number of hydrogen-bond acceptors (Lipinski definition) is 10. The van der Waals surface area contributed by atoms with E-state index in [2.05, 4.69) is 20.4 Å². The van der Waals surface area contributed by atoms with Crippen molar-refractivity contribution in [3.8, 4) is 5.69 Å². The third-order valence-corrected chi connectivity index (χ3v) is 8.44. The molecule has 1 aliphatic rings. The number of pyridine rings is 2. The molecule has 0 fully saturated rings. The Balaban J connectivity index is 1.39. The molecule has 0 unspecified atom stereocenters. The molecule has 4 aromatic heterocycles. The van der Waals surface area contributed by atoms with Crippen LogP contribution in [0.1, 0.15) is 51.5 Å². The molecule has 0 saturated carbocycles. The lowest BCUT2D eigenvalue weighted by Gasteiger charge is -2.23. The van der Waals surface area contributed by atoms with Gasteiger partial charge in [-0.3, -0.25) is 19.1 Å². The highest BCUT2D eigenvalue weighted by Gasteiger charge is 2.29. The van der Waals surface area contributed by atoms with Gasteiger partial charge in [0.1, 0.15) is 5.15 Å². The summed E-state index contributed by atoms with van der Waals surface area (Å²) in [5.41, 5.74) is 5.71. The standard InChI is InChI=1S/C30H30ClN9O4S/c1-16-11-20(17(2)34-22-8-9-25(31)35-27(22)28(41)37-45(5,43)44)26-21(12-16)29(42)38(4)30(36-26)39-14-19-13-33-40(24(19)15-39)23-7-6-10-32-18(23)3/h6-13,17,34H,14-15H2,1-5H3,(H,37,41)/t17-/m1/s1. The van der Waals surface area contributed by atoms with Gasteiger partial charge in [-0.1, -0.05) is 17.7 Å². The maximum Gasteiger partial charge on any atom is 0.285 e. The van der Waals surface area contributed by atoms with E-state index < -0.39 is 22.0 Å². The summed E-state index contributed by atoms with van der Waals surface area (Å²) in [6, 6.07) is 10.1. The van der Waals surface area contributed by atoms with Gasteiger partial charge in [-0.2, -0.15) is 5.10 Å². The summed E-state index contributed by atoms with van der Waals surface area (Å²) in [6.45, 7) is 6.69. The van der Waals surface area contributed by atoms with Gasteiger partial charge < -0.3 is 10.2 Å². The van der Waals surface area contributed by atoms with Crippen molar-refractivity contribution < 1.29 is 13.2 Å². The highest BCUT2D eigenvalue weighted by molar-refractivity contribution is 7.89. The van der Waals surface area contributed by atoms with E-state index in [1.807, 2.05) is 59.5 Å². The van der Waals surface area contributed by atoms with Crippen molar-refractivity contribution in [2.24, 2.45) is 7.05 Å². The van der Waals surface area contributed by atoms with E-state index in [0.29, 0.717) is 35.5 Å². The lowest BCUT2D eigenvalue weighted by Crippen LogP contribution is -2.31. The Morgan fingerprint density at radius 1 is 1.11 bits per heavy atom. The Kier molecular flexibility index (Phi) is 7.57. The summed E-state index contributed by atoms with van der Waals surface area (Å²) in [6.07, 6.45) is 4.45. The molecule has 0 aliphatic carbocycles. The van der Waals surface area contributed by atoms with Crippen LogP contribution in [0.25, 0.3) is 16.6 Å². The van der Waals surface area contributed by atoms with Crippen LogP contribution in [0, 0.1) is 13.8 Å². The minimum absolute atomic E-state index is 0.0242. The van der Waals surface area contributed by atoms with Crippen LogP contribution >= 0.6 is 11.6 Å². The normalized spacial score (nSPS) is 13.6. The Morgan fingerprint density at radius 2 is 1.89 bits per heavy atom. The maximum absolute atomic E-state index is 13.8. The van der Waals surface area contributed by atoms with E-state index >= 15 is 0 Å². The number of hydrogen-bond donors (Lipinski definition) is 2. The molecular weight excluding hydrogens is 618 g/mol. The molecule has 1 aromatic carbocycles. The number of nitrogens with zero attached hydrogens (tertiary/aromatic N) is 7. The van der Waals surface area contributed by atoms with Gasteiger partial charge in [0, 0.05) is 30.9 Å². The molecule has 45 heavy (non-hydrogen) atoms. The van der Waals surface area contributed by atoms with Crippen LogP contribution in [0.3, 0.4) is 0 Å². The average molecular weight is 648 g/mol. The molecule has 2 N–H and O–H groups in total. The van der Waals surface area contributed by atoms with Crippen LogP contribution in [-0.2, 0) is 30.2 Å². The fourth-order valence-corrected chi connectivity index (χ4v) is 6.19. The lowest BCUT2D eigenvalue weighted by molar-refractivity contribution is 0.0977. The zero-order chi connectivity index (χ0) is 32.2. The van der Waals surface area contributed by atoms with Crippen LogP contribution in [0.4, 0.5) is 11.6 Å². The van der Waals surface area contributed by atoms with Crippen molar-refractivity contribution >= 4 is 50.1 Å². The predicted octanol–water partition coefficient (Wildman–Crippen LogP) is 3.56. The third-order valence-electron chi connectivity index (χ3n) is 7.67. The van der Waals surface area contributed by atoms with E-state index in [1.165, 1.54) is 6.07 Å². The van der Waals surface area contributed by atoms with Gasteiger partial charge in [0.15, 0.2) is 5.69 Å². The highest BCUT2D eigenvalue weighted by Crippen LogP contribution is 2.32. The van der Waals surface area contributed by atoms with E-state index in [4.69, 9.17) is 16.6 Å². The summed E-state index contributed by atoms with van der Waals surface area (Å²) in [5.74, 6) is -0.427. The molecule has 0 bridgehead atoms. The Bertz CT molecular complexity index is 2180. The third kappa shape index (κ3) is 5.73. The SMILES string of the molecule is Cc1cc([C@@H](C)Nc2ccc(Cl)nc2C(=O)NS(C)(=O)=O)c2nc(N3Cc4cnn(-c5cccnc5C)c4C3)n(C)c(=O)c2c1. The minimum atomic E-state index is -3.84. The first-order valence-corrected chi connectivity index (χ1v) is 16.3. The van der Waals surface area contributed by atoms with Crippen LogP contribution in [-0.4, -0.2) is 49.9 Å². The fraction of sp³-hybridized carbons (Fsp3) is 0.267. The number of carbonyl (C=O) groups excluding carboxylic acids is 1. The minimum Gasteiger partial charge on any atom is -0.377 e. The van der Waals surface area contributed by atoms with Gasteiger partial charge in [0.05, 0.1) is 58.7 Å². The monoisotopic (exact) mass is 647 g/mol. The fourth-order valence-electron chi connectivity index (χ4n) is 5.61. The summed E-state index contributed by atoms with van der Waals surface area (Å²) in [7, 11) is -2.14. The molecular formula is C30H30ClN9O4S. The first-order valence-electron chi connectivity index (χ1n) is 14.0. The quantitative estimate of drug-likeness (QED) is 0.250. The summed E-state index contributed by atoms with van der Waals surface area (Å²) >= 11 is 6.05.